The monoisotopic (exact) mass is 320 g/mol. The van der Waals surface area contributed by atoms with Crippen LogP contribution in [0.4, 0.5) is 4.39 Å². The largest absolute Gasteiger partial charge is 0.462 e. The maximum atomic E-state index is 13.8. The molecule has 1 unspecified atom stereocenters. The molecule has 4 fully saturated rings. The van der Waals surface area contributed by atoms with Gasteiger partial charge in [-0.15, -0.1) is 0 Å². The number of esters is 1. The third kappa shape index (κ3) is 2.59. The van der Waals surface area contributed by atoms with Gasteiger partial charge in [0.2, 0.25) is 0 Å². The lowest BCUT2D eigenvalue weighted by molar-refractivity contribution is -0.162. The van der Waals surface area contributed by atoms with Crippen molar-refractivity contribution in [2.24, 2.45) is 23.2 Å². The van der Waals surface area contributed by atoms with Crippen molar-refractivity contribution in [1.29, 1.82) is 0 Å². The second-order valence-corrected chi connectivity index (χ2v) is 9.10. The average molecular weight is 320 g/mol. The summed E-state index contributed by atoms with van der Waals surface area (Å²) < 4.78 is 49.4. The van der Waals surface area contributed by atoms with E-state index in [4.69, 9.17) is 9.29 Å². The van der Waals surface area contributed by atoms with E-state index in [0.29, 0.717) is 24.7 Å². The zero-order chi connectivity index (χ0) is 15.5. The zero-order valence-corrected chi connectivity index (χ0v) is 12.9. The molecule has 7 heteroatoms. The van der Waals surface area contributed by atoms with E-state index in [1.807, 2.05) is 0 Å². The summed E-state index contributed by atoms with van der Waals surface area (Å²) in [5.41, 5.74) is -0.111. The van der Waals surface area contributed by atoms with E-state index in [1.54, 1.807) is 0 Å². The number of carbonyl (C=O) groups is 1. The number of hydrogen-bond acceptors (Lipinski definition) is 4. The number of ether oxygens (including phenoxy) is 1. The Labute approximate surface area is 124 Å². The summed E-state index contributed by atoms with van der Waals surface area (Å²) in [6, 6.07) is 0. The highest BCUT2D eigenvalue weighted by Gasteiger charge is 2.53. The van der Waals surface area contributed by atoms with Crippen molar-refractivity contribution in [3.05, 3.63) is 0 Å². The van der Waals surface area contributed by atoms with Crippen LogP contribution in [0.25, 0.3) is 0 Å². The fraction of sp³-hybridized carbons (Fsp3) is 0.929. The lowest BCUT2D eigenvalue weighted by Gasteiger charge is -2.56. The predicted molar refractivity (Wildman–Crippen MR) is 72.6 cm³/mol. The van der Waals surface area contributed by atoms with Gasteiger partial charge in [0.25, 0.3) is 0 Å². The molecule has 0 aromatic rings. The van der Waals surface area contributed by atoms with Crippen LogP contribution in [0.5, 0.6) is 0 Å². The van der Waals surface area contributed by atoms with Gasteiger partial charge in [-0.25, -0.2) is 9.18 Å². The molecule has 1 N–H and O–H groups in total. The quantitative estimate of drug-likeness (QED) is 0.635. The fourth-order valence-corrected chi connectivity index (χ4v) is 5.19. The third-order valence-electron chi connectivity index (χ3n) is 5.52. The lowest BCUT2D eigenvalue weighted by Crippen LogP contribution is -2.49. The summed E-state index contributed by atoms with van der Waals surface area (Å²) in [5, 5.41) is -3.39. The van der Waals surface area contributed by atoms with Crippen molar-refractivity contribution in [2.75, 3.05) is 6.61 Å². The van der Waals surface area contributed by atoms with E-state index < -0.39 is 21.1 Å². The van der Waals surface area contributed by atoms with Crippen LogP contribution in [0.3, 0.4) is 0 Å². The van der Waals surface area contributed by atoms with Crippen LogP contribution in [0.2, 0.25) is 0 Å². The molecule has 0 aromatic carbocycles. The molecule has 0 aliphatic heterocycles. The Morgan fingerprint density at radius 3 is 2.05 bits per heavy atom. The second kappa shape index (κ2) is 4.65. The molecule has 120 valence electrons. The molecule has 5 nitrogen and oxygen atoms in total. The molecule has 4 bridgehead atoms. The van der Waals surface area contributed by atoms with Crippen LogP contribution in [-0.2, 0) is 19.6 Å². The summed E-state index contributed by atoms with van der Waals surface area (Å²) in [5.74, 6) is 0.468. The Morgan fingerprint density at radius 2 is 1.67 bits per heavy atom. The van der Waals surface area contributed by atoms with Gasteiger partial charge in [-0.1, -0.05) is 0 Å². The van der Waals surface area contributed by atoms with Crippen LogP contribution in [0, 0.1) is 23.2 Å². The molecule has 0 radical (unpaired) electrons. The molecule has 4 aliphatic rings. The Morgan fingerprint density at radius 1 is 1.24 bits per heavy atom. The van der Waals surface area contributed by atoms with Crippen molar-refractivity contribution >= 4 is 16.1 Å². The molecule has 4 aliphatic carbocycles. The summed E-state index contributed by atoms with van der Waals surface area (Å²) in [4.78, 5) is 11.7. The van der Waals surface area contributed by atoms with Gasteiger partial charge in [-0.3, -0.25) is 4.55 Å². The summed E-state index contributed by atoms with van der Waals surface area (Å²) >= 11 is 0. The highest BCUT2D eigenvalue weighted by atomic mass is 32.2. The first-order chi connectivity index (χ1) is 9.61. The van der Waals surface area contributed by atoms with Gasteiger partial charge >= 0.3 is 21.1 Å². The molecule has 4 rings (SSSR count). The van der Waals surface area contributed by atoms with Gasteiger partial charge in [0.15, 0.2) is 0 Å². The fourth-order valence-electron chi connectivity index (χ4n) is 4.92. The first kappa shape index (κ1) is 15.2. The lowest BCUT2D eigenvalue weighted by atomic mass is 9.50. The van der Waals surface area contributed by atoms with Crippen LogP contribution in [-0.4, -0.2) is 30.5 Å². The van der Waals surface area contributed by atoms with Crippen molar-refractivity contribution in [3.8, 4) is 0 Å². The highest BCUT2D eigenvalue weighted by Crippen LogP contribution is 2.60. The van der Waals surface area contributed by atoms with Crippen molar-refractivity contribution in [2.45, 2.75) is 50.4 Å². The first-order valence-electron chi connectivity index (χ1n) is 7.44. The molecule has 0 saturated heterocycles. The smallest absolute Gasteiger partial charge is 0.362 e. The minimum Gasteiger partial charge on any atom is -0.462 e. The average Bonchev–Trinajstić information content (AvgIpc) is 2.32. The van der Waals surface area contributed by atoms with E-state index in [1.165, 1.54) is 19.3 Å². The van der Waals surface area contributed by atoms with Crippen LogP contribution in [0.15, 0.2) is 0 Å². The number of rotatable bonds is 4. The van der Waals surface area contributed by atoms with Crippen LogP contribution >= 0.6 is 0 Å². The Kier molecular flexibility index (Phi) is 3.37. The summed E-state index contributed by atoms with van der Waals surface area (Å²) in [6.45, 7) is 0.578. The molecular weight excluding hydrogens is 299 g/mol. The molecule has 0 heterocycles. The van der Waals surface area contributed by atoms with E-state index in [9.17, 15) is 17.6 Å². The predicted octanol–water partition coefficient (Wildman–Crippen LogP) is 2.32. The number of carbonyl (C=O) groups excluding carboxylic acids is 1. The molecule has 21 heavy (non-hydrogen) atoms. The number of alkyl halides is 1. The van der Waals surface area contributed by atoms with Crippen molar-refractivity contribution in [1.82, 2.24) is 0 Å². The molecule has 0 amide bonds. The topological polar surface area (TPSA) is 80.7 Å². The van der Waals surface area contributed by atoms with Crippen molar-refractivity contribution < 1.29 is 26.9 Å². The minimum absolute atomic E-state index is 0.0599. The third-order valence-corrected chi connectivity index (χ3v) is 6.66. The number of hydrogen-bond donors (Lipinski definition) is 1. The van der Waals surface area contributed by atoms with Crippen LogP contribution < -0.4 is 0 Å². The van der Waals surface area contributed by atoms with Gasteiger partial charge in [-0.05, 0) is 63.2 Å². The highest BCUT2D eigenvalue weighted by molar-refractivity contribution is 7.87. The van der Waals surface area contributed by atoms with Gasteiger partial charge in [0.05, 0.1) is 6.61 Å². The van der Waals surface area contributed by atoms with E-state index in [2.05, 4.69) is 0 Å². The van der Waals surface area contributed by atoms with Gasteiger partial charge < -0.3 is 4.74 Å². The Bertz CT molecular complexity index is 518. The van der Waals surface area contributed by atoms with Crippen molar-refractivity contribution in [3.63, 3.8) is 0 Å². The summed E-state index contributed by atoms with van der Waals surface area (Å²) in [6.07, 6.45) is 6.63. The molecule has 1 atom stereocenters. The van der Waals surface area contributed by atoms with E-state index in [-0.39, 0.29) is 12.0 Å². The SMILES string of the molecule is CC(F)(C(=O)OCC12CC3CC(CC(C3)C1)C2)S(=O)(=O)O. The summed E-state index contributed by atoms with van der Waals surface area (Å²) in [7, 11) is -5.12. The molecular formula is C14H21FO5S. The standard InChI is InChI=1S/C14H21FO5S/c1-13(15,21(17,18)19)12(16)20-8-14-5-9-2-10(6-14)4-11(3-9)7-14/h9-11H,2-8H2,1H3,(H,17,18,19). The van der Waals surface area contributed by atoms with Gasteiger partial charge in [-0.2, -0.15) is 8.42 Å². The molecule has 0 spiro atoms. The van der Waals surface area contributed by atoms with Crippen LogP contribution in [0.1, 0.15) is 45.4 Å². The Hall–Kier alpha value is -0.690. The zero-order valence-electron chi connectivity index (χ0n) is 12.0. The minimum atomic E-state index is -5.12. The van der Waals surface area contributed by atoms with Gasteiger partial charge in [0, 0.05) is 5.41 Å². The number of halogens is 1. The second-order valence-electron chi connectivity index (χ2n) is 7.39. The maximum Gasteiger partial charge on any atom is 0.362 e. The molecule has 4 saturated carbocycles. The molecule has 0 aromatic heterocycles. The normalized spacial score (nSPS) is 40.8. The Balaban J connectivity index is 1.67. The van der Waals surface area contributed by atoms with Gasteiger partial charge in [0.1, 0.15) is 0 Å². The van der Waals surface area contributed by atoms with E-state index in [0.717, 1.165) is 19.3 Å². The maximum absolute atomic E-state index is 13.8. The van der Waals surface area contributed by atoms with E-state index >= 15 is 0 Å². The first-order valence-corrected chi connectivity index (χ1v) is 8.88.